The van der Waals surface area contributed by atoms with Crippen LogP contribution < -0.4 is 0 Å². The van der Waals surface area contributed by atoms with Gasteiger partial charge in [0.25, 0.3) is 0 Å². The van der Waals surface area contributed by atoms with Crippen LogP contribution >= 0.6 is 0 Å². The van der Waals surface area contributed by atoms with Crippen LogP contribution in [0, 0.1) is 0 Å². The Morgan fingerprint density at radius 1 is 1.12 bits per heavy atom. The van der Waals surface area contributed by atoms with E-state index in [4.69, 9.17) is 4.43 Å². The zero-order valence-corrected chi connectivity index (χ0v) is 7.41. The summed E-state index contributed by atoms with van der Waals surface area (Å²) >= 11 is 0. The maximum Gasteiger partial charge on any atom is 0.205 e. The Balaban J connectivity index is 3.39. The molecule has 0 spiro atoms. The SMILES string of the molecule is C[Si](C)OC(C)(C)C. The smallest absolute Gasteiger partial charge is 0.205 e. The number of hydrogen-bond donors (Lipinski definition) is 0. The molecule has 0 unspecified atom stereocenters. The fourth-order valence-corrected chi connectivity index (χ4v) is 1.84. The van der Waals surface area contributed by atoms with Crippen LogP contribution in [0.1, 0.15) is 20.8 Å². The van der Waals surface area contributed by atoms with E-state index in [9.17, 15) is 0 Å². The highest BCUT2D eigenvalue weighted by Crippen LogP contribution is 2.07. The second-order valence-corrected chi connectivity index (χ2v) is 5.14. The largest absolute Gasteiger partial charge is 0.413 e. The highest BCUT2D eigenvalue weighted by atomic mass is 28.3. The quantitative estimate of drug-likeness (QED) is 0.495. The van der Waals surface area contributed by atoms with Gasteiger partial charge in [0.1, 0.15) is 0 Å². The van der Waals surface area contributed by atoms with Crippen molar-refractivity contribution < 1.29 is 4.43 Å². The van der Waals surface area contributed by atoms with Crippen molar-refractivity contribution in [1.82, 2.24) is 0 Å². The van der Waals surface area contributed by atoms with E-state index in [2.05, 4.69) is 33.9 Å². The lowest BCUT2D eigenvalue weighted by Crippen LogP contribution is -2.25. The van der Waals surface area contributed by atoms with Gasteiger partial charge < -0.3 is 4.43 Å². The fourth-order valence-electron chi connectivity index (χ4n) is 0.612. The minimum atomic E-state index is -0.492. The molecule has 0 heterocycles. The summed E-state index contributed by atoms with van der Waals surface area (Å²) in [6.07, 6.45) is 0. The molecule has 1 radical (unpaired) electrons. The second-order valence-electron chi connectivity index (χ2n) is 3.12. The molecule has 1 nitrogen and oxygen atoms in total. The first kappa shape index (κ1) is 8.18. The van der Waals surface area contributed by atoms with E-state index in [1.165, 1.54) is 0 Å². The Kier molecular flexibility index (Phi) is 2.70. The molecule has 0 N–H and O–H groups in total. The van der Waals surface area contributed by atoms with E-state index >= 15 is 0 Å². The van der Waals surface area contributed by atoms with Crippen LogP contribution in [0.15, 0.2) is 0 Å². The van der Waals surface area contributed by atoms with Crippen molar-refractivity contribution in [2.24, 2.45) is 0 Å². The summed E-state index contributed by atoms with van der Waals surface area (Å²) in [5, 5.41) is 0. The van der Waals surface area contributed by atoms with Crippen molar-refractivity contribution in [2.45, 2.75) is 39.5 Å². The van der Waals surface area contributed by atoms with Gasteiger partial charge in [-0.1, -0.05) is 0 Å². The van der Waals surface area contributed by atoms with E-state index in [-0.39, 0.29) is 5.60 Å². The van der Waals surface area contributed by atoms with Crippen molar-refractivity contribution >= 4 is 9.04 Å². The minimum absolute atomic E-state index is 0.0673. The van der Waals surface area contributed by atoms with Crippen LogP contribution in [0.25, 0.3) is 0 Å². The molecule has 49 valence electrons. The first-order chi connectivity index (χ1) is 3.42. The number of hydrogen-bond acceptors (Lipinski definition) is 1. The molecule has 0 aromatic rings. The van der Waals surface area contributed by atoms with Gasteiger partial charge in [-0.15, -0.1) is 0 Å². The van der Waals surface area contributed by atoms with E-state index < -0.39 is 9.04 Å². The summed E-state index contributed by atoms with van der Waals surface area (Å²) in [4.78, 5) is 0. The summed E-state index contributed by atoms with van der Waals surface area (Å²) in [7, 11) is -0.492. The maximum atomic E-state index is 5.54. The van der Waals surface area contributed by atoms with Gasteiger partial charge in [-0.2, -0.15) is 0 Å². The van der Waals surface area contributed by atoms with Crippen LogP contribution in [0.3, 0.4) is 0 Å². The normalized spacial score (nSPS) is 12.8. The van der Waals surface area contributed by atoms with Gasteiger partial charge in [0.05, 0.1) is 0 Å². The molecule has 0 saturated heterocycles. The summed E-state index contributed by atoms with van der Waals surface area (Å²) in [5.74, 6) is 0. The van der Waals surface area contributed by atoms with Crippen LogP contribution in [0.5, 0.6) is 0 Å². The Morgan fingerprint density at radius 2 is 1.50 bits per heavy atom. The van der Waals surface area contributed by atoms with E-state index in [0.29, 0.717) is 0 Å². The summed E-state index contributed by atoms with van der Waals surface area (Å²) in [5.41, 5.74) is 0.0673. The molecule has 0 atom stereocenters. The second kappa shape index (κ2) is 2.64. The van der Waals surface area contributed by atoms with Crippen molar-refractivity contribution in [1.29, 1.82) is 0 Å². The predicted octanol–water partition coefficient (Wildman–Crippen LogP) is 2.05. The van der Waals surface area contributed by atoms with Crippen molar-refractivity contribution in [2.75, 3.05) is 0 Å². The fraction of sp³-hybridized carbons (Fsp3) is 1.00. The van der Waals surface area contributed by atoms with Gasteiger partial charge in [0.15, 0.2) is 0 Å². The van der Waals surface area contributed by atoms with Gasteiger partial charge in [-0.05, 0) is 33.9 Å². The van der Waals surface area contributed by atoms with Crippen LogP contribution in [0.2, 0.25) is 13.1 Å². The molecule has 2 heteroatoms. The van der Waals surface area contributed by atoms with Gasteiger partial charge in [0, 0.05) is 5.60 Å². The molecule has 0 aromatic carbocycles. The zero-order chi connectivity index (χ0) is 6.78. The summed E-state index contributed by atoms with van der Waals surface area (Å²) in [6, 6.07) is 0. The van der Waals surface area contributed by atoms with Crippen molar-refractivity contribution in [3.63, 3.8) is 0 Å². The monoisotopic (exact) mass is 131 g/mol. The molecule has 0 bridgehead atoms. The zero-order valence-electron chi connectivity index (χ0n) is 6.41. The molecule has 0 fully saturated rings. The molecule has 0 rings (SSSR count). The number of rotatable bonds is 1. The van der Waals surface area contributed by atoms with Gasteiger partial charge in [-0.25, -0.2) is 0 Å². The first-order valence-corrected chi connectivity index (χ1v) is 5.32. The van der Waals surface area contributed by atoms with Crippen molar-refractivity contribution in [3.05, 3.63) is 0 Å². The topological polar surface area (TPSA) is 9.23 Å². The Labute approximate surface area is 53.8 Å². The van der Waals surface area contributed by atoms with E-state index in [1.54, 1.807) is 0 Å². The van der Waals surface area contributed by atoms with Gasteiger partial charge >= 0.3 is 0 Å². The summed E-state index contributed by atoms with van der Waals surface area (Å²) in [6.45, 7) is 10.6. The maximum absolute atomic E-state index is 5.54. The molecule has 0 aromatic heterocycles. The molecule has 0 aliphatic heterocycles. The molecule has 0 amide bonds. The summed E-state index contributed by atoms with van der Waals surface area (Å²) < 4.78 is 5.54. The predicted molar refractivity (Wildman–Crippen MR) is 38.3 cm³/mol. The lowest BCUT2D eigenvalue weighted by molar-refractivity contribution is 0.132. The van der Waals surface area contributed by atoms with Crippen molar-refractivity contribution in [3.8, 4) is 0 Å². The van der Waals surface area contributed by atoms with E-state index in [0.717, 1.165) is 0 Å². The average Bonchev–Trinajstić information content (AvgIpc) is 1.21. The van der Waals surface area contributed by atoms with Gasteiger partial charge in [0.2, 0.25) is 9.04 Å². The first-order valence-electron chi connectivity index (χ1n) is 2.91. The Bertz CT molecular complexity index is 63.4. The van der Waals surface area contributed by atoms with Crippen LogP contribution in [-0.2, 0) is 4.43 Å². The average molecular weight is 131 g/mol. The van der Waals surface area contributed by atoms with E-state index in [1.807, 2.05) is 0 Å². The third-order valence-electron chi connectivity index (χ3n) is 0.510. The van der Waals surface area contributed by atoms with Crippen LogP contribution in [-0.4, -0.2) is 14.6 Å². The molecular weight excluding hydrogens is 116 g/mol. The third kappa shape index (κ3) is 6.18. The lowest BCUT2D eigenvalue weighted by atomic mass is 10.2. The highest BCUT2D eigenvalue weighted by Gasteiger charge is 2.11. The standard InChI is InChI=1S/C6H15OSi/c1-6(2,3)7-8(4)5/h1-5H3. The molecule has 8 heavy (non-hydrogen) atoms. The Hall–Kier alpha value is 0.177. The molecule has 0 aliphatic rings. The van der Waals surface area contributed by atoms with Crippen LogP contribution in [0.4, 0.5) is 0 Å². The third-order valence-corrected chi connectivity index (χ3v) is 1.53. The Morgan fingerprint density at radius 3 is 1.50 bits per heavy atom. The lowest BCUT2D eigenvalue weighted by Gasteiger charge is -2.21. The van der Waals surface area contributed by atoms with Gasteiger partial charge in [-0.3, -0.25) is 0 Å². The molecular formula is C6H15OSi. The molecule has 0 saturated carbocycles. The minimum Gasteiger partial charge on any atom is -0.413 e. The highest BCUT2D eigenvalue weighted by molar-refractivity contribution is 6.48. The molecule has 0 aliphatic carbocycles.